The molecule has 0 aliphatic carbocycles. The van der Waals surface area contributed by atoms with Crippen molar-refractivity contribution in [3.63, 3.8) is 0 Å². The number of hydrazone groups is 1. The number of amides is 1. The second-order valence-corrected chi connectivity index (χ2v) is 5.03. The van der Waals surface area contributed by atoms with Crippen LogP contribution in [0.2, 0.25) is 0 Å². The Balaban J connectivity index is 3.74. The van der Waals surface area contributed by atoms with Gasteiger partial charge in [-0.25, -0.2) is 5.43 Å². The summed E-state index contributed by atoms with van der Waals surface area (Å²) in [7, 11) is 1.34. The average molecular weight is 334 g/mol. The number of aliphatic hydroxyl groups is 4. The highest BCUT2D eigenvalue weighted by atomic mass is 16.5. The molecule has 0 rings (SSSR count). The number of carbonyl (C=O) groups is 2. The van der Waals surface area contributed by atoms with Crippen LogP contribution < -0.4 is 5.43 Å². The molecule has 1 amide bonds. The summed E-state index contributed by atoms with van der Waals surface area (Å²) in [5.74, 6) is -0.595. The lowest BCUT2D eigenvalue weighted by Crippen LogP contribution is -2.40. The summed E-state index contributed by atoms with van der Waals surface area (Å²) in [5, 5.41) is 39.9. The van der Waals surface area contributed by atoms with Crippen LogP contribution in [0.15, 0.2) is 5.10 Å². The second-order valence-electron chi connectivity index (χ2n) is 5.03. The molecule has 9 nitrogen and oxygen atoms in total. The number of methoxy groups -OCH3 is 1. The SMILES string of the molecule is COC(=O)CCCCCCC(=O)N/N=C/[C@H](O)[C@@H](O)[C@H](O)CO. The van der Waals surface area contributed by atoms with E-state index in [1.165, 1.54) is 7.11 Å². The van der Waals surface area contributed by atoms with E-state index in [0.717, 1.165) is 19.1 Å². The fraction of sp³-hybridized carbons (Fsp3) is 0.786. The topological polar surface area (TPSA) is 149 Å². The molecule has 0 aromatic carbocycles. The summed E-state index contributed by atoms with van der Waals surface area (Å²) in [6, 6.07) is 0. The maximum absolute atomic E-state index is 11.4. The van der Waals surface area contributed by atoms with Crippen LogP contribution in [-0.4, -0.2) is 70.5 Å². The minimum absolute atomic E-state index is 0.244. The Morgan fingerprint density at radius 3 is 2.30 bits per heavy atom. The lowest BCUT2D eigenvalue weighted by molar-refractivity contribution is -0.140. The Kier molecular flexibility index (Phi) is 12.1. The monoisotopic (exact) mass is 334 g/mol. The number of carbonyl (C=O) groups excluding carboxylic acids is 2. The van der Waals surface area contributed by atoms with E-state index in [1.807, 2.05) is 0 Å². The number of aliphatic hydroxyl groups excluding tert-OH is 4. The van der Waals surface area contributed by atoms with Crippen molar-refractivity contribution in [1.82, 2.24) is 5.43 Å². The van der Waals surface area contributed by atoms with Gasteiger partial charge in [-0.3, -0.25) is 9.59 Å². The van der Waals surface area contributed by atoms with E-state index in [2.05, 4.69) is 15.3 Å². The zero-order valence-corrected chi connectivity index (χ0v) is 13.2. The largest absolute Gasteiger partial charge is 0.469 e. The van der Waals surface area contributed by atoms with Crippen molar-refractivity contribution in [3.8, 4) is 0 Å². The molecule has 3 atom stereocenters. The zero-order valence-electron chi connectivity index (χ0n) is 13.2. The molecule has 0 fully saturated rings. The van der Waals surface area contributed by atoms with Crippen molar-refractivity contribution in [2.24, 2.45) is 5.10 Å². The van der Waals surface area contributed by atoms with Crippen LogP contribution in [0.4, 0.5) is 0 Å². The highest BCUT2D eigenvalue weighted by Gasteiger charge is 2.22. The molecule has 0 bridgehead atoms. The molecule has 0 spiro atoms. The van der Waals surface area contributed by atoms with Crippen molar-refractivity contribution < 1.29 is 34.8 Å². The molecule has 0 aromatic heterocycles. The Labute approximate surface area is 135 Å². The molecule has 9 heteroatoms. The third-order valence-corrected chi connectivity index (χ3v) is 3.11. The maximum Gasteiger partial charge on any atom is 0.305 e. The number of nitrogens with one attached hydrogen (secondary N) is 1. The number of hydrogen-bond acceptors (Lipinski definition) is 8. The van der Waals surface area contributed by atoms with Crippen molar-refractivity contribution in [2.45, 2.75) is 56.8 Å². The molecule has 0 saturated carbocycles. The molecule has 0 heterocycles. The Morgan fingerprint density at radius 1 is 1.13 bits per heavy atom. The van der Waals surface area contributed by atoms with Gasteiger partial charge in [0.05, 0.1) is 19.9 Å². The van der Waals surface area contributed by atoms with Gasteiger partial charge >= 0.3 is 5.97 Å². The smallest absolute Gasteiger partial charge is 0.305 e. The number of hydrogen-bond donors (Lipinski definition) is 5. The Morgan fingerprint density at radius 2 is 1.74 bits per heavy atom. The highest BCUT2D eigenvalue weighted by Crippen LogP contribution is 2.06. The summed E-state index contributed by atoms with van der Waals surface area (Å²) < 4.78 is 4.51. The summed E-state index contributed by atoms with van der Waals surface area (Å²) in [6.45, 7) is -0.700. The van der Waals surface area contributed by atoms with E-state index in [4.69, 9.17) is 10.2 Å². The number of unbranched alkanes of at least 4 members (excludes halogenated alkanes) is 3. The van der Waals surface area contributed by atoms with Crippen molar-refractivity contribution in [1.29, 1.82) is 0 Å². The quantitative estimate of drug-likeness (QED) is 0.129. The highest BCUT2D eigenvalue weighted by molar-refractivity contribution is 5.77. The van der Waals surface area contributed by atoms with Gasteiger partial charge in [-0.15, -0.1) is 0 Å². The van der Waals surface area contributed by atoms with Gasteiger partial charge in [-0.1, -0.05) is 12.8 Å². The predicted molar refractivity (Wildman–Crippen MR) is 81.5 cm³/mol. The number of rotatable bonds is 12. The van der Waals surface area contributed by atoms with Gasteiger partial charge in [0.15, 0.2) is 0 Å². The van der Waals surface area contributed by atoms with Gasteiger partial charge in [0.25, 0.3) is 0 Å². The van der Waals surface area contributed by atoms with Gasteiger partial charge in [0.1, 0.15) is 18.3 Å². The molecular weight excluding hydrogens is 308 g/mol. The van der Waals surface area contributed by atoms with E-state index >= 15 is 0 Å². The number of ether oxygens (including phenoxy) is 1. The lowest BCUT2D eigenvalue weighted by atomic mass is 10.1. The number of esters is 1. The molecule has 5 N–H and O–H groups in total. The molecule has 0 aliphatic heterocycles. The van der Waals surface area contributed by atoms with E-state index in [1.54, 1.807) is 0 Å². The van der Waals surface area contributed by atoms with Crippen LogP contribution in [0.25, 0.3) is 0 Å². The molecule has 134 valence electrons. The first-order valence-electron chi connectivity index (χ1n) is 7.46. The first-order valence-corrected chi connectivity index (χ1v) is 7.46. The van der Waals surface area contributed by atoms with Crippen LogP contribution in [-0.2, 0) is 14.3 Å². The minimum atomic E-state index is -1.59. The molecule has 0 aliphatic rings. The molecule has 0 aromatic rings. The van der Waals surface area contributed by atoms with Gasteiger partial charge in [0.2, 0.25) is 5.91 Å². The average Bonchev–Trinajstić information content (AvgIpc) is 2.55. The molecule has 0 unspecified atom stereocenters. The molecule has 23 heavy (non-hydrogen) atoms. The second kappa shape index (κ2) is 12.9. The van der Waals surface area contributed by atoms with Crippen molar-refractivity contribution in [2.75, 3.05) is 13.7 Å². The summed E-state index contributed by atoms with van der Waals surface area (Å²) >= 11 is 0. The summed E-state index contributed by atoms with van der Waals surface area (Å²) in [6.07, 6.45) is -0.143. The first-order chi connectivity index (χ1) is 10.9. The van der Waals surface area contributed by atoms with Crippen LogP contribution in [0.3, 0.4) is 0 Å². The van der Waals surface area contributed by atoms with Crippen molar-refractivity contribution in [3.05, 3.63) is 0 Å². The van der Waals surface area contributed by atoms with E-state index in [0.29, 0.717) is 19.3 Å². The van der Waals surface area contributed by atoms with E-state index in [-0.39, 0.29) is 18.3 Å². The van der Waals surface area contributed by atoms with Gasteiger partial charge < -0.3 is 25.2 Å². The third kappa shape index (κ3) is 10.7. The van der Waals surface area contributed by atoms with Gasteiger partial charge in [0, 0.05) is 12.8 Å². The lowest BCUT2D eigenvalue weighted by Gasteiger charge is -2.17. The fourth-order valence-corrected chi connectivity index (χ4v) is 1.68. The standard InChI is InChI=1S/C14H26N2O7/c1-23-13(21)7-5-3-2-4-6-12(20)16-15-8-10(18)14(22)11(19)9-17/h8,10-11,14,17-19,22H,2-7,9H2,1H3,(H,16,20)/b15-8+/t10-,11+,14+/m0/s1. The van der Waals surface area contributed by atoms with Gasteiger partial charge in [-0.2, -0.15) is 5.10 Å². The molecule has 0 saturated heterocycles. The van der Waals surface area contributed by atoms with E-state index < -0.39 is 24.9 Å². The van der Waals surface area contributed by atoms with Crippen LogP contribution in [0, 0.1) is 0 Å². The fourth-order valence-electron chi connectivity index (χ4n) is 1.68. The summed E-state index contributed by atoms with van der Waals surface area (Å²) in [4.78, 5) is 22.3. The van der Waals surface area contributed by atoms with Gasteiger partial charge in [-0.05, 0) is 12.8 Å². The van der Waals surface area contributed by atoms with Crippen LogP contribution >= 0.6 is 0 Å². The normalized spacial score (nSPS) is 15.2. The predicted octanol–water partition coefficient (Wildman–Crippen LogP) is -1.32. The molecule has 0 radical (unpaired) electrons. The van der Waals surface area contributed by atoms with Crippen LogP contribution in [0.5, 0.6) is 0 Å². The van der Waals surface area contributed by atoms with Crippen molar-refractivity contribution >= 4 is 18.1 Å². The zero-order chi connectivity index (χ0) is 17.7. The summed E-state index contributed by atoms with van der Waals surface area (Å²) in [5.41, 5.74) is 2.18. The minimum Gasteiger partial charge on any atom is -0.469 e. The Hall–Kier alpha value is -1.55. The maximum atomic E-state index is 11.4. The Bertz CT molecular complexity index is 376. The first kappa shape index (κ1) is 21.4. The van der Waals surface area contributed by atoms with E-state index in [9.17, 15) is 19.8 Å². The van der Waals surface area contributed by atoms with Crippen LogP contribution in [0.1, 0.15) is 38.5 Å². The third-order valence-electron chi connectivity index (χ3n) is 3.11. The number of nitrogens with zero attached hydrogens (tertiary/aromatic N) is 1. The molecular formula is C14H26N2O7.